The Morgan fingerprint density at radius 3 is 2.61 bits per heavy atom. The second kappa shape index (κ2) is 11.6. The van der Waals surface area contributed by atoms with Gasteiger partial charge in [0.2, 0.25) is 11.8 Å². The van der Waals surface area contributed by atoms with Gasteiger partial charge in [0.25, 0.3) is 0 Å². The van der Waals surface area contributed by atoms with E-state index in [4.69, 9.17) is 9.84 Å². The quantitative estimate of drug-likeness (QED) is 0.414. The number of amides is 2. The number of aryl methyl sites for hydroxylation is 2. The molecule has 0 aliphatic carbocycles. The standard InChI is InChI=1S/C31H36F2N4O3S/c1-18-8-11-24(19(2)13-18)37-30-27(29(35-37)31(3,4)5)28(22-10-9-20(32)14-23(22)33)41-17-26(39)36(30)16-25(38)34-15-21-7-6-12-40-21/h8-11,13-14,21,28H,6-7,12,15-17H2,1-5H3,(H,34,38). The minimum atomic E-state index is -0.692. The fraction of sp³-hybridized carbons (Fsp3) is 0.452. The summed E-state index contributed by atoms with van der Waals surface area (Å²) in [6, 6.07) is 9.47. The van der Waals surface area contributed by atoms with Gasteiger partial charge in [-0.25, -0.2) is 13.5 Å². The van der Waals surface area contributed by atoms with Crippen molar-refractivity contribution in [1.82, 2.24) is 15.1 Å². The summed E-state index contributed by atoms with van der Waals surface area (Å²) in [4.78, 5) is 28.5. The molecule has 0 saturated carbocycles. The fourth-order valence-electron chi connectivity index (χ4n) is 5.48. The molecule has 0 bridgehead atoms. The van der Waals surface area contributed by atoms with Crippen LogP contribution in [-0.4, -0.2) is 53.1 Å². The first-order chi connectivity index (χ1) is 19.4. The Morgan fingerprint density at radius 1 is 1.17 bits per heavy atom. The zero-order valence-electron chi connectivity index (χ0n) is 24.1. The molecule has 2 atom stereocenters. The molecule has 2 aliphatic heterocycles. The number of nitrogens with zero attached hydrogens (tertiary/aromatic N) is 3. The largest absolute Gasteiger partial charge is 0.376 e. The maximum Gasteiger partial charge on any atom is 0.240 e. The predicted molar refractivity (Wildman–Crippen MR) is 157 cm³/mol. The Morgan fingerprint density at radius 2 is 1.95 bits per heavy atom. The molecule has 218 valence electrons. The lowest BCUT2D eigenvalue weighted by Gasteiger charge is -2.25. The number of aromatic nitrogens is 2. The first-order valence-corrected chi connectivity index (χ1v) is 14.9. The number of thioether (sulfide) groups is 1. The summed E-state index contributed by atoms with van der Waals surface area (Å²) in [6.45, 7) is 10.8. The number of nitrogens with one attached hydrogen (secondary N) is 1. The van der Waals surface area contributed by atoms with Crippen LogP contribution in [0.25, 0.3) is 5.69 Å². The molecule has 3 aromatic rings. The first kappa shape index (κ1) is 29.3. The van der Waals surface area contributed by atoms with E-state index in [0.29, 0.717) is 30.2 Å². The van der Waals surface area contributed by atoms with Gasteiger partial charge < -0.3 is 10.1 Å². The van der Waals surface area contributed by atoms with Gasteiger partial charge in [-0.2, -0.15) is 5.10 Å². The SMILES string of the molecule is Cc1ccc(-n2nc(C(C)(C)C)c3c2N(CC(=O)NCC2CCCO2)C(=O)CSC3c2ccc(F)cc2F)c(C)c1. The van der Waals surface area contributed by atoms with Crippen LogP contribution < -0.4 is 10.2 Å². The van der Waals surface area contributed by atoms with Crippen LogP contribution in [0.4, 0.5) is 14.6 Å². The van der Waals surface area contributed by atoms with Crippen molar-refractivity contribution >= 4 is 29.4 Å². The molecule has 5 rings (SSSR count). The van der Waals surface area contributed by atoms with Crippen molar-refractivity contribution in [3.63, 3.8) is 0 Å². The van der Waals surface area contributed by atoms with Crippen molar-refractivity contribution in [2.24, 2.45) is 0 Å². The molecule has 10 heteroatoms. The summed E-state index contributed by atoms with van der Waals surface area (Å²) < 4.78 is 36.6. The molecule has 1 N–H and O–H groups in total. The van der Waals surface area contributed by atoms with Gasteiger partial charge in [0.1, 0.15) is 24.0 Å². The van der Waals surface area contributed by atoms with Crippen molar-refractivity contribution in [2.75, 3.05) is 30.3 Å². The van der Waals surface area contributed by atoms with E-state index in [2.05, 4.69) is 5.32 Å². The van der Waals surface area contributed by atoms with Crippen molar-refractivity contribution in [1.29, 1.82) is 0 Å². The molecule has 2 unspecified atom stereocenters. The Hall–Kier alpha value is -3.24. The minimum absolute atomic E-state index is 0.00560. The molecule has 1 aromatic heterocycles. The van der Waals surface area contributed by atoms with Gasteiger partial charge in [-0.05, 0) is 44.4 Å². The van der Waals surface area contributed by atoms with E-state index in [1.165, 1.54) is 28.8 Å². The van der Waals surface area contributed by atoms with Gasteiger partial charge in [-0.1, -0.05) is 44.5 Å². The number of hydrogen-bond donors (Lipinski definition) is 1. The van der Waals surface area contributed by atoms with Crippen molar-refractivity contribution < 1.29 is 23.1 Å². The topological polar surface area (TPSA) is 76.5 Å². The third-order valence-electron chi connectivity index (χ3n) is 7.48. The number of rotatable bonds is 6. The summed E-state index contributed by atoms with van der Waals surface area (Å²) in [6.07, 6.45) is 1.80. The second-order valence-corrected chi connectivity index (χ2v) is 12.9. The lowest BCUT2D eigenvalue weighted by Crippen LogP contribution is -2.44. The summed E-state index contributed by atoms with van der Waals surface area (Å²) in [7, 11) is 0. The van der Waals surface area contributed by atoms with E-state index < -0.39 is 22.3 Å². The van der Waals surface area contributed by atoms with E-state index in [0.717, 1.165) is 35.7 Å². The average molecular weight is 583 g/mol. The normalized spacial score (nSPS) is 19.3. The molecule has 1 saturated heterocycles. The van der Waals surface area contributed by atoms with E-state index in [-0.39, 0.29) is 35.8 Å². The van der Waals surface area contributed by atoms with Crippen LogP contribution in [0.15, 0.2) is 36.4 Å². The summed E-state index contributed by atoms with van der Waals surface area (Å²) in [5, 5.41) is 7.32. The molecule has 1 fully saturated rings. The maximum atomic E-state index is 15.3. The van der Waals surface area contributed by atoms with Crippen LogP contribution in [0.2, 0.25) is 0 Å². The number of ether oxygens (including phenoxy) is 1. The molecule has 7 nitrogen and oxygen atoms in total. The zero-order valence-corrected chi connectivity index (χ0v) is 24.9. The molecular weight excluding hydrogens is 546 g/mol. The molecule has 41 heavy (non-hydrogen) atoms. The van der Waals surface area contributed by atoms with Crippen LogP contribution in [0.1, 0.15) is 66.8 Å². The van der Waals surface area contributed by atoms with E-state index in [1.54, 1.807) is 4.68 Å². The average Bonchev–Trinajstić information content (AvgIpc) is 3.53. The zero-order chi connectivity index (χ0) is 29.5. The smallest absolute Gasteiger partial charge is 0.240 e. The summed E-state index contributed by atoms with van der Waals surface area (Å²) in [5.74, 6) is -1.54. The van der Waals surface area contributed by atoms with Gasteiger partial charge in [0.05, 0.1) is 28.5 Å². The molecule has 0 radical (unpaired) electrons. The third kappa shape index (κ3) is 6.04. The number of carbonyl (C=O) groups is 2. The first-order valence-electron chi connectivity index (χ1n) is 13.9. The number of benzene rings is 2. The monoisotopic (exact) mass is 582 g/mol. The van der Waals surface area contributed by atoms with Gasteiger partial charge in [0.15, 0.2) is 0 Å². The molecule has 2 aliphatic rings. The Balaban J connectivity index is 1.69. The van der Waals surface area contributed by atoms with Crippen LogP contribution in [-0.2, 0) is 19.7 Å². The highest BCUT2D eigenvalue weighted by molar-refractivity contribution is 8.00. The highest BCUT2D eigenvalue weighted by atomic mass is 32.2. The summed E-state index contributed by atoms with van der Waals surface area (Å²) in [5.41, 5.74) is 3.85. The number of carbonyl (C=O) groups excluding carboxylic acids is 2. The summed E-state index contributed by atoms with van der Waals surface area (Å²) >= 11 is 1.26. The minimum Gasteiger partial charge on any atom is -0.376 e. The van der Waals surface area contributed by atoms with Gasteiger partial charge >= 0.3 is 0 Å². The van der Waals surface area contributed by atoms with Crippen molar-refractivity contribution in [2.45, 2.75) is 64.2 Å². The Labute approximate surface area is 243 Å². The van der Waals surface area contributed by atoms with Gasteiger partial charge in [0, 0.05) is 35.8 Å². The van der Waals surface area contributed by atoms with Crippen molar-refractivity contribution in [3.05, 3.63) is 76.0 Å². The van der Waals surface area contributed by atoms with Crippen molar-refractivity contribution in [3.8, 4) is 5.69 Å². The van der Waals surface area contributed by atoms with Gasteiger partial charge in [-0.15, -0.1) is 11.8 Å². The fourth-order valence-corrected chi connectivity index (χ4v) is 6.70. The number of halogens is 2. The lowest BCUT2D eigenvalue weighted by atomic mass is 9.87. The molecular formula is C31H36F2N4O3S. The Bertz CT molecular complexity index is 1480. The molecule has 2 aromatic carbocycles. The van der Waals surface area contributed by atoms with Crippen LogP contribution >= 0.6 is 11.8 Å². The predicted octanol–water partition coefficient (Wildman–Crippen LogP) is 5.53. The number of fused-ring (bicyclic) bond motifs is 1. The second-order valence-electron chi connectivity index (χ2n) is 11.8. The molecule has 2 amide bonds. The van der Waals surface area contributed by atoms with E-state index >= 15 is 4.39 Å². The van der Waals surface area contributed by atoms with E-state index in [9.17, 15) is 14.0 Å². The highest BCUT2D eigenvalue weighted by Gasteiger charge is 2.41. The van der Waals surface area contributed by atoms with E-state index in [1.807, 2.05) is 52.8 Å². The highest BCUT2D eigenvalue weighted by Crippen LogP contribution is 2.49. The molecule has 3 heterocycles. The van der Waals surface area contributed by atoms with Crippen LogP contribution in [0.3, 0.4) is 0 Å². The van der Waals surface area contributed by atoms with Crippen LogP contribution in [0.5, 0.6) is 0 Å². The maximum absolute atomic E-state index is 15.3. The number of anilines is 1. The Kier molecular flexibility index (Phi) is 8.25. The van der Waals surface area contributed by atoms with Gasteiger partial charge in [-0.3, -0.25) is 14.5 Å². The number of hydrogen-bond acceptors (Lipinski definition) is 5. The lowest BCUT2D eigenvalue weighted by molar-refractivity contribution is -0.123. The third-order valence-corrected chi connectivity index (χ3v) is 8.71. The van der Waals surface area contributed by atoms with Crippen LogP contribution in [0, 0.1) is 25.5 Å². The molecule has 0 spiro atoms.